The molecule has 124 valence electrons. The van der Waals surface area contributed by atoms with Gasteiger partial charge in [0.2, 0.25) is 0 Å². The zero-order valence-electron chi connectivity index (χ0n) is 12.9. The third-order valence-corrected chi connectivity index (χ3v) is 4.22. The van der Waals surface area contributed by atoms with E-state index < -0.39 is 7.60 Å². The van der Waals surface area contributed by atoms with E-state index >= 15 is 0 Å². The lowest BCUT2D eigenvalue weighted by molar-refractivity contribution is 0.371. The lowest BCUT2D eigenvalue weighted by atomic mass is 10.1. The van der Waals surface area contributed by atoms with Crippen LogP contribution in [0.3, 0.4) is 0 Å². The first-order valence-corrected chi connectivity index (χ1v) is 8.95. The summed E-state index contributed by atoms with van der Waals surface area (Å²) in [6, 6.07) is 14.3. The molecule has 0 unspecified atom stereocenters. The normalized spacial score (nSPS) is 11.5. The van der Waals surface area contributed by atoms with E-state index in [1.54, 1.807) is 42.3 Å². The molecule has 7 nitrogen and oxygen atoms in total. The fourth-order valence-electron chi connectivity index (χ4n) is 2.32. The second-order valence-electron chi connectivity index (χ2n) is 5.27. The van der Waals surface area contributed by atoms with Gasteiger partial charge in [0.05, 0.1) is 25.2 Å². The highest BCUT2D eigenvalue weighted by Gasteiger charge is 2.14. The lowest BCUT2D eigenvalue weighted by Crippen LogP contribution is -1.96. The Labute approximate surface area is 138 Å². The van der Waals surface area contributed by atoms with Gasteiger partial charge in [0.25, 0.3) is 0 Å². The van der Waals surface area contributed by atoms with E-state index in [9.17, 15) is 4.57 Å². The van der Waals surface area contributed by atoms with Crippen molar-refractivity contribution in [3.05, 3.63) is 60.3 Å². The highest BCUT2D eigenvalue weighted by Crippen LogP contribution is 2.39. The molecular formula is C16H16N3O4P. The maximum absolute atomic E-state index is 11.1. The summed E-state index contributed by atoms with van der Waals surface area (Å²) in [6.45, 7) is 0. The summed E-state index contributed by atoms with van der Waals surface area (Å²) in [6.07, 6.45) is 1.46. The van der Waals surface area contributed by atoms with Crippen molar-refractivity contribution in [1.82, 2.24) is 15.0 Å². The molecule has 3 aromatic rings. The number of rotatable bonds is 5. The van der Waals surface area contributed by atoms with Gasteiger partial charge in [-0.25, -0.2) is 4.68 Å². The molecule has 0 amide bonds. The maximum Gasteiger partial charge on any atom is 0.329 e. The van der Waals surface area contributed by atoms with Gasteiger partial charge in [0, 0.05) is 5.56 Å². The van der Waals surface area contributed by atoms with Crippen molar-refractivity contribution < 1.29 is 19.1 Å². The van der Waals surface area contributed by atoms with Crippen molar-refractivity contribution >= 4 is 7.60 Å². The van der Waals surface area contributed by atoms with Crippen LogP contribution in [0.4, 0.5) is 0 Å². The number of nitrogens with zero attached hydrogens (tertiary/aromatic N) is 3. The van der Waals surface area contributed by atoms with Gasteiger partial charge < -0.3 is 14.5 Å². The van der Waals surface area contributed by atoms with Gasteiger partial charge in [0.1, 0.15) is 11.4 Å². The van der Waals surface area contributed by atoms with Gasteiger partial charge in [-0.15, -0.1) is 5.10 Å². The fraction of sp³-hybridized carbons (Fsp3) is 0.125. The Kier molecular flexibility index (Phi) is 4.49. The third kappa shape index (κ3) is 3.89. The molecule has 0 saturated heterocycles. The molecule has 0 spiro atoms. The van der Waals surface area contributed by atoms with Crippen LogP contribution < -0.4 is 4.74 Å². The van der Waals surface area contributed by atoms with Gasteiger partial charge in [-0.05, 0) is 42.0 Å². The van der Waals surface area contributed by atoms with E-state index in [0.29, 0.717) is 16.9 Å². The van der Waals surface area contributed by atoms with Crippen molar-refractivity contribution in [3.63, 3.8) is 0 Å². The molecule has 2 N–H and O–H groups in total. The molecule has 2 aromatic carbocycles. The van der Waals surface area contributed by atoms with Gasteiger partial charge >= 0.3 is 7.60 Å². The fourth-order valence-corrected chi connectivity index (χ4v) is 2.99. The number of aromatic nitrogens is 3. The van der Waals surface area contributed by atoms with Crippen molar-refractivity contribution in [3.8, 4) is 22.7 Å². The second kappa shape index (κ2) is 6.57. The first-order valence-electron chi connectivity index (χ1n) is 7.15. The second-order valence-corrected chi connectivity index (χ2v) is 6.92. The molecule has 0 saturated carbocycles. The van der Waals surface area contributed by atoms with Crippen molar-refractivity contribution in [2.45, 2.75) is 6.16 Å². The Balaban J connectivity index is 1.87. The predicted molar refractivity (Wildman–Crippen MR) is 89.1 cm³/mol. The summed E-state index contributed by atoms with van der Waals surface area (Å²) in [5.74, 6) is 0.760. The Bertz CT molecular complexity index is 886. The van der Waals surface area contributed by atoms with Gasteiger partial charge in [0.15, 0.2) is 0 Å². The largest absolute Gasteiger partial charge is 0.497 e. The standard InChI is InChI=1S/C16H16N3O4P/c1-23-15-7-5-13(6-8-15)16-10-19(18-17-16)14-4-2-3-12(9-14)11-24(20,21)22/h2-10H,11H2,1H3,(H2,20,21,22). The van der Waals surface area contributed by atoms with Gasteiger partial charge in [-0.1, -0.05) is 17.3 Å². The summed E-state index contributed by atoms with van der Waals surface area (Å²) >= 11 is 0. The zero-order valence-corrected chi connectivity index (χ0v) is 13.8. The molecule has 1 heterocycles. The molecule has 0 bridgehead atoms. The topological polar surface area (TPSA) is 97.5 Å². The van der Waals surface area contributed by atoms with Crippen LogP contribution in [0, 0.1) is 0 Å². The number of benzene rings is 2. The number of ether oxygens (including phenoxy) is 1. The molecule has 24 heavy (non-hydrogen) atoms. The molecular weight excluding hydrogens is 329 g/mol. The minimum Gasteiger partial charge on any atom is -0.497 e. The summed E-state index contributed by atoms with van der Waals surface area (Å²) in [7, 11) is -2.50. The molecule has 0 aliphatic rings. The van der Waals surface area contributed by atoms with E-state index in [4.69, 9.17) is 14.5 Å². The molecule has 0 fully saturated rings. The Morgan fingerprint density at radius 3 is 2.58 bits per heavy atom. The summed E-state index contributed by atoms with van der Waals surface area (Å²) in [4.78, 5) is 18.2. The highest BCUT2D eigenvalue weighted by atomic mass is 31.2. The van der Waals surface area contributed by atoms with Crippen molar-refractivity contribution in [1.29, 1.82) is 0 Å². The van der Waals surface area contributed by atoms with Crippen LogP contribution in [0.5, 0.6) is 5.75 Å². The van der Waals surface area contributed by atoms with Crippen LogP contribution in [0.1, 0.15) is 5.56 Å². The smallest absolute Gasteiger partial charge is 0.329 e. The van der Waals surface area contributed by atoms with E-state index in [1.807, 2.05) is 24.3 Å². The molecule has 8 heteroatoms. The van der Waals surface area contributed by atoms with E-state index in [2.05, 4.69) is 10.3 Å². The minimum atomic E-state index is -4.11. The third-order valence-electron chi connectivity index (χ3n) is 3.44. The average Bonchev–Trinajstić information content (AvgIpc) is 3.03. The summed E-state index contributed by atoms with van der Waals surface area (Å²) < 4.78 is 17.8. The van der Waals surface area contributed by atoms with Crippen LogP contribution in [-0.4, -0.2) is 31.9 Å². The molecule has 1 aromatic heterocycles. The monoisotopic (exact) mass is 345 g/mol. The number of methoxy groups -OCH3 is 1. The molecule has 0 radical (unpaired) electrons. The molecule has 3 rings (SSSR count). The average molecular weight is 345 g/mol. The van der Waals surface area contributed by atoms with Gasteiger partial charge in [-0.2, -0.15) is 0 Å². The van der Waals surface area contributed by atoms with Gasteiger partial charge in [-0.3, -0.25) is 4.57 Å². The van der Waals surface area contributed by atoms with Crippen LogP contribution in [0.25, 0.3) is 16.9 Å². The zero-order chi connectivity index (χ0) is 17.2. The van der Waals surface area contributed by atoms with Crippen LogP contribution in [0.2, 0.25) is 0 Å². The maximum atomic E-state index is 11.1. The SMILES string of the molecule is COc1ccc(-c2cn(-c3cccc(CP(=O)(O)O)c3)nn2)cc1. The quantitative estimate of drug-likeness (QED) is 0.690. The van der Waals surface area contributed by atoms with E-state index in [0.717, 1.165) is 11.3 Å². The van der Waals surface area contributed by atoms with Crippen LogP contribution in [0.15, 0.2) is 54.7 Å². The van der Waals surface area contributed by atoms with E-state index in [-0.39, 0.29) is 6.16 Å². The number of hydrogen-bond acceptors (Lipinski definition) is 4. The Morgan fingerprint density at radius 2 is 1.92 bits per heavy atom. The Morgan fingerprint density at radius 1 is 1.17 bits per heavy atom. The minimum absolute atomic E-state index is 0.305. The Hall–Kier alpha value is -2.47. The van der Waals surface area contributed by atoms with E-state index in [1.165, 1.54) is 0 Å². The summed E-state index contributed by atoms with van der Waals surface area (Å²) in [5, 5.41) is 8.23. The number of hydrogen-bond donors (Lipinski definition) is 2. The summed E-state index contributed by atoms with van der Waals surface area (Å²) in [5.41, 5.74) is 2.82. The molecule has 0 aliphatic carbocycles. The first kappa shape index (κ1) is 16.4. The van der Waals surface area contributed by atoms with Crippen molar-refractivity contribution in [2.24, 2.45) is 0 Å². The molecule has 0 atom stereocenters. The first-order chi connectivity index (χ1) is 11.4. The van der Waals surface area contributed by atoms with Crippen LogP contribution >= 0.6 is 7.60 Å². The lowest BCUT2D eigenvalue weighted by Gasteiger charge is -2.06. The van der Waals surface area contributed by atoms with Crippen molar-refractivity contribution in [2.75, 3.05) is 7.11 Å². The van der Waals surface area contributed by atoms with Crippen LogP contribution in [-0.2, 0) is 10.7 Å². The highest BCUT2D eigenvalue weighted by molar-refractivity contribution is 7.50. The predicted octanol–water partition coefficient (Wildman–Crippen LogP) is 2.62. The molecule has 0 aliphatic heterocycles.